The highest BCUT2D eigenvalue weighted by atomic mass is 32.1. The standard InChI is InChI=1S/C26H33F3N6S/c1-20-17-24(26(27,28)29)31-35(20)16-13-32-9-7-21(8-10-32)25-30-22(19-36-25)18-33-11-14-34(15-12-33)23-5-3-2-4-6-23/h2-6,17,19,21H,7-16,18H2,1H3. The molecule has 0 aliphatic carbocycles. The van der Waals surface area contributed by atoms with Crippen LogP contribution in [0.1, 0.15) is 40.8 Å². The van der Waals surface area contributed by atoms with Crippen LogP contribution >= 0.6 is 11.3 Å². The summed E-state index contributed by atoms with van der Waals surface area (Å²) < 4.78 is 40.2. The fourth-order valence-corrected chi connectivity index (χ4v) is 6.11. The van der Waals surface area contributed by atoms with Crippen molar-refractivity contribution >= 4 is 17.0 Å². The Balaban J connectivity index is 1.06. The molecule has 0 saturated carbocycles. The summed E-state index contributed by atoms with van der Waals surface area (Å²) in [6.07, 6.45) is -2.32. The number of piperidine rings is 1. The summed E-state index contributed by atoms with van der Waals surface area (Å²) in [4.78, 5) is 12.2. The predicted octanol–water partition coefficient (Wildman–Crippen LogP) is 4.87. The fraction of sp³-hybridized carbons (Fsp3) is 0.538. The molecule has 3 aromatic rings. The summed E-state index contributed by atoms with van der Waals surface area (Å²) in [5.74, 6) is 0.471. The molecule has 36 heavy (non-hydrogen) atoms. The van der Waals surface area contributed by atoms with Crippen molar-refractivity contribution in [3.05, 3.63) is 63.9 Å². The molecule has 5 rings (SSSR count). The molecule has 0 N–H and O–H groups in total. The zero-order chi connectivity index (χ0) is 25.1. The third kappa shape index (κ3) is 6.10. The third-order valence-electron chi connectivity index (χ3n) is 7.29. The molecule has 1 aromatic carbocycles. The van der Waals surface area contributed by atoms with Gasteiger partial charge in [-0.2, -0.15) is 18.3 Å². The molecule has 10 heteroatoms. The fourth-order valence-electron chi connectivity index (χ4n) is 5.13. The molecule has 0 atom stereocenters. The van der Waals surface area contributed by atoms with Crippen LogP contribution in [0.3, 0.4) is 0 Å². The van der Waals surface area contributed by atoms with Crippen LogP contribution < -0.4 is 4.90 Å². The molecular formula is C26H33F3N6S. The average Bonchev–Trinajstić information content (AvgIpc) is 3.50. The summed E-state index contributed by atoms with van der Waals surface area (Å²) in [6.45, 7) is 9.81. The largest absolute Gasteiger partial charge is 0.435 e. The van der Waals surface area contributed by atoms with Gasteiger partial charge in [0.05, 0.1) is 17.2 Å². The maximum absolute atomic E-state index is 12.9. The molecule has 2 fully saturated rings. The van der Waals surface area contributed by atoms with Crippen molar-refractivity contribution in [1.82, 2.24) is 24.6 Å². The van der Waals surface area contributed by atoms with Crippen LogP contribution in [0.2, 0.25) is 0 Å². The Morgan fingerprint density at radius 3 is 2.33 bits per heavy atom. The minimum atomic E-state index is -4.39. The maximum atomic E-state index is 12.9. The lowest BCUT2D eigenvalue weighted by Crippen LogP contribution is -2.46. The van der Waals surface area contributed by atoms with Crippen LogP contribution in [-0.4, -0.2) is 70.4 Å². The van der Waals surface area contributed by atoms with Crippen molar-refractivity contribution < 1.29 is 13.2 Å². The van der Waals surface area contributed by atoms with E-state index in [0.717, 1.165) is 64.7 Å². The van der Waals surface area contributed by atoms with Crippen LogP contribution in [0.4, 0.5) is 18.9 Å². The highest BCUT2D eigenvalue weighted by Gasteiger charge is 2.34. The number of piperazine rings is 1. The summed E-state index contributed by atoms with van der Waals surface area (Å²) >= 11 is 1.77. The predicted molar refractivity (Wildman–Crippen MR) is 136 cm³/mol. The van der Waals surface area contributed by atoms with Gasteiger partial charge in [-0.25, -0.2) is 4.98 Å². The first-order chi connectivity index (χ1) is 17.3. The van der Waals surface area contributed by atoms with E-state index in [4.69, 9.17) is 4.98 Å². The van der Waals surface area contributed by atoms with Gasteiger partial charge in [0.1, 0.15) is 0 Å². The molecule has 0 spiro atoms. The van der Waals surface area contributed by atoms with E-state index >= 15 is 0 Å². The SMILES string of the molecule is Cc1cc(C(F)(F)F)nn1CCN1CCC(c2nc(CN3CCN(c4ccccc4)CC3)cs2)CC1. The molecule has 6 nitrogen and oxygen atoms in total. The van der Waals surface area contributed by atoms with Gasteiger partial charge in [0.25, 0.3) is 0 Å². The Labute approximate surface area is 214 Å². The topological polar surface area (TPSA) is 40.4 Å². The molecule has 2 saturated heterocycles. The number of halogens is 3. The smallest absolute Gasteiger partial charge is 0.369 e. The van der Waals surface area contributed by atoms with Gasteiger partial charge in [0.2, 0.25) is 0 Å². The van der Waals surface area contributed by atoms with E-state index in [0.29, 0.717) is 24.7 Å². The number of hydrogen-bond donors (Lipinski definition) is 0. The van der Waals surface area contributed by atoms with E-state index in [9.17, 15) is 13.2 Å². The van der Waals surface area contributed by atoms with Crippen LogP contribution in [0.15, 0.2) is 41.8 Å². The number of aromatic nitrogens is 3. The quantitative estimate of drug-likeness (QED) is 0.447. The van der Waals surface area contributed by atoms with E-state index in [1.807, 2.05) is 0 Å². The third-order valence-corrected chi connectivity index (χ3v) is 8.34. The van der Waals surface area contributed by atoms with Crippen molar-refractivity contribution in [3.8, 4) is 0 Å². The lowest BCUT2D eigenvalue weighted by molar-refractivity contribution is -0.141. The Morgan fingerprint density at radius 1 is 0.944 bits per heavy atom. The molecule has 0 radical (unpaired) electrons. The van der Waals surface area contributed by atoms with E-state index in [1.165, 1.54) is 21.1 Å². The number of alkyl halides is 3. The molecule has 2 aliphatic heterocycles. The first-order valence-electron chi connectivity index (χ1n) is 12.7. The first kappa shape index (κ1) is 25.2. The molecule has 2 aliphatic rings. The monoisotopic (exact) mass is 518 g/mol. The first-order valence-corrected chi connectivity index (χ1v) is 13.5. The normalized spacial score (nSPS) is 18.7. The van der Waals surface area contributed by atoms with E-state index in [2.05, 4.69) is 55.5 Å². The minimum Gasteiger partial charge on any atom is -0.369 e. The zero-order valence-corrected chi connectivity index (χ0v) is 21.4. The highest BCUT2D eigenvalue weighted by molar-refractivity contribution is 7.09. The molecule has 2 aromatic heterocycles. The van der Waals surface area contributed by atoms with Crippen molar-refractivity contribution in [3.63, 3.8) is 0 Å². The van der Waals surface area contributed by atoms with Gasteiger partial charge < -0.3 is 9.80 Å². The van der Waals surface area contributed by atoms with Crippen LogP contribution in [0, 0.1) is 6.92 Å². The summed E-state index contributed by atoms with van der Waals surface area (Å²) in [7, 11) is 0. The van der Waals surface area contributed by atoms with Crippen molar-refractivity contribution in [2.45, 2.75) is 44.9 Å². The van der Waals surface area contributed by atoms with Gasteiger partial charge in [-0.1, -0.05) is 18.2 Å². The van der Waals surface area contributed by atoms with Crippen LogP contribution in [-0.2, 0) is 19.3 Å². The number of benzene rings is 1. The highest BCUT2D eigenvalue weighted by Crippen LogP contribution is 2.31. The second-order valence-electron chi connectivity index (χ2n) is 9.78. The number of thiazole rings is 1. The minimum absolute atomic E-state index is 0.471. The number of rotatable bonds is 7. The van der Waals surface area contributed by atoms with Crippen LogP contribution in [0.25, 0.3) is 0 Å². The Kier molecular flexibility index (Phi) is 7.64. The number of para-hydroxylation sites is 1. The number of nitrogens with zero attached hydrogens (tertiary/aromatic N) is 6. The second-order valence-corrected chi connectivity index (χ2v) is 10.7. The van der Waals surface area contributed by atoms with E-state index in [1.54, 1.807) is 18.3 Å². The Morgan fingerprint density at radius 2 is 1.67 bits per heavy atom. The summed E-state index contributed by atoms with van der Waals surface area (Å²) in [5, 5.41) is 7.19. The molecule has 0 unspecified atom stereocenters. The molecule has 194 valence electrons. The van der Waals surface area contributed by atoms with Gasteiger partial charge >= 0.3 is 6.18 Å². The summed E-state index contributed by atoms with van der Waals surface area (Å²) in [5.41, 5.74) is 2.20. The van der Waals surface area contributed by atoms with Gasteiger partial charge in [-0.05, 0) is 51.1 Å². The summed E-state index contributed by atoms with van der Waals surface area (Å²) in [6, 6.07) is 11.7. The van der Waals surface area contributed by atoms with E-state index < -0.39 is 11.9 Å². The lowest BCUT2D eigenvalue weighted by Gasteiger charge is -2.35. The van der Waals surface area contributed by atoms with Crippen LogP contribution in [0.5, 0.6) is 0 Å². The number of likely N-dealkylation sites (tertiary alicyclic amines) is 1. The zero-order valence-electron chi connectivity index (χ0n) is 20.6. The molecule has 0 amide bonds. The number of anilines is 1. The molecule has 4 heterocycles. The lowest BCUT2D eigenvalue weighted by atomic mass is 9.97. The van der Waals surface area contributed by atoms with E-state index in [-0.39, 0.29) is 0 Å². The maximum Gasteiger partial charge on any atom is 0.435 e. The van der Waals surface area contributed by atoms with Gasteiger partial charge in [-0.3, -0.25) is 9.58 Å². The second kappa shape index (κ2) is 10.9. The Bertz CT molecular complexity index is 1110. The van der Waals surface area contributed by atoms with Gasteiger partial charge in [0, 0.05) is 61.9 Å². The molecule has 0 bridgehead atoms. The van der Waals surface area contributed by atoms with Gasteiger partial charge in [-0.15, -0.1) is 11.3 Å². The Hall–Kier alpha value is -2.43. The van der Waals surface area contributed by atoms with Gasteiger partial charge in [0.15, 0.2) is 5.69 Å². The average molecular weight is 519 g/mol. The van der Waals surface area contributed by atoms with Crippen molar-refractivity contribution in [2.24, 2.45) is 0 Å². The van der Waals surface area contributed by atoms with Crippen molar-refractivity contribution in [1.29, 1.82) is 0 Å². The number of aryl methyl sites for hydroxylation is 1. The van der Waals surface area contributed by atoms with Crippen molar-refractivity contribution in [2.75, 3.05) is 50.7 Å². The number of hydrogen-bond acceptors (Lipinski definition) is 6. The molecular weight excluding hydrogens is 485 g/mol.